The Hall–Kier alpha value is -2.27. The topological polar surface area (TPSA) is 64.1 Å². The lowest BCUT2D eigenvalue weighted by molar-refractivity contribution is 0.0722. The first-order valence-electron chi connectivity index (χ1n) is 7.48. The zero-order chi connectivity index (χ0) is 15.4. The van der Waals surface area contributed by atoms with Gasteiger partial charge in [0.1, 0.15) is 6.33 Å². The number of rotatable bonds is 4. The van der Waals surface area contributed by atoms with Crippen molar-refractivity contribution >= 4 is 5.91 Å². The predicted molar refractivity (Wildman–Crippen MR) is 83.4 cm³/mol. The van der Waals surface area contributed by atoms with Crippen LogP contribution in [0.1, 0.15) is 29.6 Å². The van der Waals surface area contributed by atoms with Gasteiger partial charge in [-0.2, -0.15) is 0 Å². The zero-order valence-electron chi connectivity index (χ0n) is 12.5. The highest BCUT2D eigenvalue weighted by Crippen LogP contribution is 2.24. The number of nitrogens with zero attached hydrogens (tertiary/aromatic N) is 2. The predicted octanol–water partition coefficient (Wildman–Crippen LogP) is 2.44. The van der Waals surface area contributed by atoms with Gasteiger partial charge in [-0.15, -0.1) is 0 Å². The molecule has 1 N–H and O–H groups in total. The number of hydrogen-bond acceptors (Lipinski definition) is 4. The Bertz CT molecular complexity index is 645. The molecule has 1 aliphatic carbocycles. The van der Waals surface area contributed by atoms with Crippen LogP contribution < -0.4 is 5.32 Å². The number of hydrogen-bond donors (Lipinski definition) is 1. The summed E-state index contributed by atoms with van der Waals surface area (Å²) in [5, 5.41) is 3.06. The Balaban J connectivity index is 1.84. The first kappa shape index (κ1) is 14.7. The molecule has 2 aromatic rings. The minimum absolute atomic E-state index is 0.0568. The van der Waals surface area contributed by atoms with Crippen LogP contribution in [-0.2, 0) is 4.74 Å². The summed E-state index contributed by atoms with van der Waals surface area (Å²) in [5.41, 5.74) is 2.06. The first-order valence-corrected chi connectivity index (χ1v) is 7.48. The number of benzene rings is 1. The molecule has 1 saturated carbocycles. The van der Waals surface area contributed by atoms with Gasteiger partial charge in [0.2, 0.25) is 0 Å². The molecule has 5 nitrogen and oxygen atoms in total. The number of methoxy groups -OCH3 is 1. The van der Waals surface area contributed by atoms with Crippen LogP contribution in [0.2, 0.25) is 0 Å². The summed E-state index contributed by atoms with van der Waals surface area (Å²) in [6.45, 7) is 0. The molecule has 1 aromatic carbocycles. The molecule has 1 fully saturated rings. The van der Waals surface area contributed by atoms with Crippen LogP contribution in [0.4, 0.5) is 0 Å². The fourth-order valence-electron chi connectivity index (χ4n) is 2.94. The van der Waals surface area contributed by atoms with Crippen molar-refractivity contribution in [1.29, 1.82) is 0 Å². The monoisotopic (exact) mass is 297 g/mol. The van der Waals surface area contributed by atoms with Crippen molar-refractivity contribution in [3.63, 3.8) is 0 Å². The molecule has 0 saturated heterocycles. The van der Waals surface area contributed by atoms with Gasteiger partial charge in [0, 0.05) is 18.9 Å². The van der Waals surface area contributed by atoms with E-state index < -0.39 is 0 Å². The zero-order valence-corrected chi connectivity index (χ0v) is 12.5. The molecule has 3 rings (SSSR count). The van der Waals surface area contributed by atoms with Gasteiger partial charge < -0.3 is 10.1 Å². The highest BCUT2D eigenvalue weighted by atomic mass is 16.5. The maximum absolute atomic E-state index is 12.6. The van der Waals surface area contributed by atoms with E-state index in [4.69, 9.17) is 4.74 Å². The standard InChI is InChI=1S/C17H19N3O2/c1-22-15-9-5-8-14(15)20-17(21)13-10-18-11-19-16(13)12-6-3-2-4-7-12/h2-4,6-7,10-11,14-15H,5,8-9H2,1H3,(H,20,21)/t14-,15+/m0/s1. The van der Waals surface area contributed by atoms with Crippen molar-refractivity contribution in [2.75, 3.05) is 7.11 Å². The van der Waals surface area contributed by atoms with Crippen molar-refractivity contribution < 1.29 is 9.53 Å². The third-order valence-corrected chi connectivity index (χ3v) is 4.08. The molecule has 1 heterocycles. The molecule has 5 heteroatoms. The van der Waals surface area contributed by atoms with Crippen LogP contribution in [-0.4, -0.2) is 35.1 Å². The van der Waals surface area contributed by atoms with Crippen LogP contribution >= 0.6 is 0 Å². The minimum Gasteiger partial charge on any atom is -0.379 e. The van der Waals surface area contributed by atoms with E-state index in [0.717, 1.165) is 24.8 Å². The molecular formula is C17H19N3O2. The van der Waals surface area contributed by atoms with Gasteiger partial charge in [0.05, 0.1) is 23.4 Å². The summed E-state index contributed by atoms with van der Waals surface area (Å²) >= 11 is 0. The lowest BCUT2D eigenvalue weighted by Crippen LogP contribution is -2.41. The molecule has 2 atom stereocenters. The molecular weight excluding hydrogens is 278 g/mol. The Morgan fingerprint density at radius 3 is 2.86 bits per heavy atom. The summed E-state index contributed by atoms with van der Waals surface area (Å²) in [5.74, 6) is -0.145. The number of ether oxygens (including phenoxy) is 1. The van der Waals surface area contributed by atoms with E-state index in [-0.39, 0.29) is 18.1 Å². The van der Waals surface area contributed by atoms with Crippen molar-refractivity contribution in [3.8, 4) is 11.3 Å². The summed E-state index contributed by atoms with van der Waals surface area (Å²) in [6, 6.07) is 9.72. The molecule has 1 aliphatic rings. The number of carbonyl (C=O) groups is 1. The second kappa shape index (κ2) is 6.66. The molecule has 0 spiro atoms. The Labute approximate surface area is 129 Å². The fraction of sp³-hybridized carbons (Fsp3) is 0.353. The Morgan fingerprint density at radius 1 is 1.27 bits per heavy atom. The van der Waals surface area contributed by atoms with Gasteiger partial charge in [-0.1, -0.05) is 30.3 Å². The average molecular weight is 297 g/mol. The Morgan fingerprint density at radius 2 is 2.09 bits per heavy atom. The van der Waals surface area contributed by atoms with Crippen LogP contribution in [0, 0.1) is 0 Å². The largest absolute Gasteiger partial charge is 0.379 e. The van der Waals surface area contributed by atoms with Crippen molar-refractivity contribution in [1.82, 2.24) is 15.3 Å². The highest BCUT2D eigenvalue weighted by Gasteiger charge is 2.29. The minimum atomic E-state index is -0.145. The summed E-state index contributed by atoms with van der Waals surface area (Å²) in [7, 11) is 1.69. The van der Waals surface area contributed by atoms with E-state index in [9.17, 15) is 4.79 Å². The van der Waals surface area contributed by atoms with Crippen LogP contribution in [0.5, 0.6) is 0 Å². The fourth-order valence-corrected chi connectivity index (χ4v) is 2.94. The molecule has 114 valence electrons. The van der Waals surface area contributed by atoms with Gasteiger partial charge in [0.15, 0.2) is 0 Å². The van der Waals surface area contributed by atoms with Crippen LogP contribution in [0.25, 0.3) is 11.3 Å². The smallest absolute Gasteiger partial charge is 0.255 e. The van der Waals surface area contributed by atoms with Crippen molar-refractivity contribution in [2.45, 2.75) is 31.4 Å². The molecule has 0 aliphatic heterocycles. The second-order valence-electron chi connectivity index (χ2n) is 5.44. The maximum Gasteiger partial charge on any atom is 0.255 e. The Kier molecular flexibility index (Phi) is 4.44. The van der Waals surface area contributed by atoms with Crippen LogP contribution in [0.3, 0.4) is 0 Å². The molecule has 1 amide bonds. The van der Waals surface area contributed by atoms with Gasteiger partial charge in [-0.05, 0) is 19.3 Å². The molecule has 1 aromatic heterocycles. The van der Waals surface area contributed by atoms with Crippen molar-refractivity contribution in [3.05, 3.63) is 48.4 Å². The summed E-state index contributed by atoms with van der Waals surface area (Å²) in [6.07, 6.45) is 6.12. The maximum atomic E-state index is 12.6. The molecule has 0 radical (unpaired) electrons. The van der Waals surface area contributed by atoms with Gasteiger partial charge in [-0.3, -0.25) is 4.79 Å². The van der Waals surface area contributed by atoms with E-state index in [2.05, 4.69) is 15.3 Å². The van der Waals surface area contributed by atoms with E-state index in [1.807, 2.05) is 30.3 Å². The SMILES string of the molecule is CO[C@@H]1CCC[C@@H]1NC(=O)c1cncnc1-c1ccccc1. The summed E-state index contributed by atoms with van der Waals surface area (Å²) in [4.78, 5) is 20.9. The van der Waals surface area contributed by atoms with Crippen LogP contribution in [0.15, 0.2) is 42.9 Å². The highest BCUT2D eigenvalue weighted by molar-refractivity contribution is 5.99. The van der Waals surface area contributed by atoms with Crippen molar-refractivity contribution in [2.24, 2.45) is 0 Å². The van der Waals surface area contributed by atoms with E-state index in [0.29, 0.717) is 11.3 Å². The van der Waals surface area contributed by atoms with Gasteiger partial charge in [0.25, 0.3) is 5.91 Å². The third-order valence-electron chi connectivity index (χ3n) is 4.08. The van der Waals surface area contributed by atoms with E-state index in [1.165, 1.54) is 6.33 Å². The molecule has 0 bridgehead atoms. The average Bonchev–Trinajstić information content (AvgIpc) is 3.03. The first-order chi connectivity index (χ1) is 10.8. The van der Waals surface area contributed by atoms with E-state index in [1.54, 1.807) is 13.3 Å². The second-order valence-corrected chi connectivity index (χ2v) is 5.44. The quantitative estimate of drug-likeness (QED) is 0.941. The van der Waals surface area contributed by atoms with E-state index >= 15 is 0 Å². The third kappa shape index (κ3) is 2.99. The lowest BCUT2D eigenvalue weighted by atomic mass is 10.1. The molecule has 0 unspecified atom stereocenters. The lowest BCUT2D eigenvalue weighted by Gasteiger charge is -2.20. The number of amides is 1. The van der Waals surface area contributed by atoms with Gasteiger partial charge >= 0.3 is 0 Å². The molecule has 22 heavy (non-hydrogen) atoms. The van der Waals surface area contributed by atoms with Gasteiger partial charge in [-0.25, -0.2) is 9.97 Å². The number of aromatic nitrogens is 2. The normalized spacial score (nSPS) is 20.8. The summed E-state index contributed by atoms with van der Waals surface area (Å²) < 4.78 is 5.43. The number of carbonyl (C=O) groups excluding carboxylic acids is 1. The number of nitrogens with one attached hydrogen (secondary N) is 1.